The van der Waals surface area contributed by atoms with Gasteiger partial charge < -0.3 is 5.11 Å². The first-order valence-electron chi connectivity index (χ1n) is 3.54. The zero-order chi connectivity index (χ0) is 8.88. The molecule has 0 radical (unpaired) electrons. The van der Waals surface area contributed by atoms with Crippen molar-refractivity contribution in [1.82, 2.24) is 4.90 Å². The molecule has 2 bridgehead atoms. The minimum atomic E-state index is -1.15. The van der Waals surface area contributed by atoms with Crippen LogP contribution in [-0.4, -0.2) is 28.0 Å². The molecule has 1 N–H and O–H groups in total. The van der Waals surface area contributed by atoms with Crippen molar-refractivity contribution in [3.8, 4) is 0 Å². The highest BCUT2D eigenvalue weighted by Gasteiger charge is 2.47. The van der Waals surface area contributed by atoms with Crippen LogP contribution in [0.1, 0.15) is 6.42 Å². The summed E-state index contributed by atoms with van der Waals surface area (Å²) >= 11 is 3.23. The van der Waals surface area contributed by atoms with E-state index in [-0.39, 0.29) is 17.9 Å². The number of hydrogen-bond acceptors (Lipinski definition) is 2. The van der Waals surface area contributed by atoms with Crippen LogP contribution in [0.2, 0.25) is 0 Å². The summed E-state index contributed by atoms with van der Waals surface area (Å²) in [6, 6.07) is -0.241. The standard InChI is InChI=1S/C7H6BrNO3/c8-5-2-3-1-4(5)6(10)9(3)7(11)12/h2-4H,1H2,(H,11,12). The smallest absolute Gasteiger partial charge is 0.414 e. The van der Waals surface area contributed by atoms with Gasteiger partial charge in [-0.25, -0.2) is 9.69 Å². The number of imide groups is 1. The van der Waals surface area contributed by atoms with Crippen molar-refractivity contribution in [2.24, 2.45) is 5.92 Å². The Morgan fingerprint density at radius 2 is 2.42 bits per heavy atom. The van der Waals surface area contributed by atoms with Crippen molar-refractivity contribution < 1.29 is 14.7 Å². The van der Waals surface area contributed by atoms with E-state index < -0.39 is 6.09 Å². The predicted molar refractivity (Wildman–Crippen MR) is 43.8 cm³/mol. The van der Waals surface area contributed by atoms with Crippen LogP contribution in [0.25, 0.3) is 0 Å². The van der Waals surface area contributed by atoms with Gasteiger partial charge in [-0.3, -0.25) is 4.79 Å². The Bertz CT molecular complexity index is 299. The fourth-order valence-corrected chi connectivity index (χ4v) is 2.38. The molecule has 1 saturated heterocycles. The van der Waals surface area contributed by atoms with Gasteiger partial charge in [0.15, 0.2) is 0 Å². The molecule has 1 fully saturated rings. The van der Waals surface area contributed by atoms with Gasteiger partial charge in [-0.2, -0.15) is 0 Å². The van der Waals surface area contributed by atoms with Gasteiger partial charge in [-0.05, 0) is 6.42 Å². The summed E-state index contributed by atoms with van der Waals surface area (Å²) in [6.07, 6.45) is 1.23. The van der Waals surface area contributed by atoms with Crippen LogP contribution in [-0.2, 0) is 4.79 Å². The largest absolute Gasteiger partial charge is 0.465 e. The molecule has 1 aliphatic carbocycles. The molecule has 64 valence electrons. The lowest BCUT2D eigenvalue weighted by molar-refractivity contribution is -0.129. The number of likely N-dealkylation sites (tertiary alicyclic amines) is 1. The van der Waals surface area contributed by atoms with E-state index in [4.69, 9.17) is 5.11 Å². The van der Waals surface area contributed by atoms with Crippen LogP contribution in [0, 0.1) is 5.92 Å². The number of fused-ring (bicyclic) bond motifs is 2. The van der Waals surface area contributed by atoms with Crippen LogP contribution >= 0.6 is 15.9 Å². The van der Waals surface area contributed by atoms with E-state index >= 15 is 0 Å². The Morgan fingerprint density at radius 1 is 1.75 bits per heavy atom. The van der Waals surface area contributed by atoms with Gasteiger partial charge in [0.1, 0.15) is 0 Å². The maximum atomic E-state index is 11.3. The third-order valence-corrected chi connectivity index (χ3v) is 3.05. The molecule has 0 saturated carbocycles. The van der Waals surface area contributed by atoms with E-state index in [1.165, 1.54) is 0 Å². The fourth-order valence-electron chi connectivity index (χ4n) is 1.69. The molecule has 0 aromatic rings. The van der Waals surface area contributed by atoms with Gasteiger partial charge >= 0.3 is 6.09 Å². The molecule has 5 heteroatoms. The molecule has 2 atom stereocenters. The molecule has 4 nitrogen and oxygen atoms in total. The lowest BCUT2D eigenvalue weighted by Gasteiger charge is -2.19. The number of rotatable bonds is 0. The number of carbonyl (C=O) groups is 2. The van der Waals surface area contributed by atoms with Crippen molar-refractivity contribution in [2.45, 2.75) is 12.5 Å². The Labute approximate surface area is 77.0 Å². The first-order chi connectivity index (χ1) is 5.61. The first-order valence-corrected chi connectivity index (χ1v) is 4.34. The third kappa shape index (κ3) is 0.827. The molecule has 0 spiro atoms. The maximum Gasteiger partial charge on any atom is 0.414 e. The monoisotopic (exact) mass is 231 g/mol. The topological polar surface area (TPSA) is 57.6 Å². The van der Waals surface area contributed by atoms with E-state index in [0.717, 1.165) is 9.38 Å². The maximum absolute atomic E-state index is 11.3. The van der Waals surface area contributed by atoms with Crippen LogP contribution in [0.3, 0.4) is 0 Å². The second-order valence-electron chi connectivity index (χ2n) is 2.90. The average molecular weight is 232 g/mol. The second-order valence-corrected chi connectivity index (χ2v) is 3.81. The normalized spacial score (nSPS) is 32.6. The van der Waals surface area contributed by atoms with E-state index in [1.54, 1.807) is 6.08 Å². The number of carbonyl (C=O) groups excluding carboxylic acids is 1. The lowest BCUT2D eigenvalue weighted by atomic mass is 10.1. The minimum absolute atomic E-state index is 0.241. The summed E-state index contributed by atoms with van der Waals surface area (Å²) in [5.74, 6) is -0.548. The summed E-state index contributed by atoms with van der Waals surface area (Å²) in [5, 5.41) is 8.65. The lowest BCUT2D eigenvalue weighted by Crippen LogP contribution is -2.39. The van der Waals surface area contributed by atoms with Gasteiger partial charge in [0.05, 0.1) is 12.0 Å². The van der Waals surface area contributed by atoms with Gasteiger partial charge in [0.25, 0.3) is 0 Å². The van der Waals surface area contributed by atoms with Gasteiger partial charge in [-0.15, -0.1) is 0 Å². The van der Waals surface area contributed by atoms with Gasteiger partial charge in [0.2, 0.25) is 5.91 Å². The molecule has 2 amide bonds. The van der Waals surface area contributed by atoms with Crippen LogP contribution in [0.15, 0.2) is 10.6 Å². The summed E-state index contributed by atoms with van der Waals surface area (Å²) in [6.45, 7) is 0. The highest BCUT2D eigenvalue weighted by Crippen LogP contribution is 2.40. The Hall–Kier alpha value is -0.840. The van der Waals surface area contributed by atoms with Crippen LogP contribution < -0.4 is 0 Å². The quantitative estimate of drug-likeness (QED) is 0.682. The van der Waals surface area contributed by atoms with Crippen LogP contribution in [0.4, 0.5) is 4.79 Å². The average Bonchev–Trinajstić information content (AvgIpc) is 2.42. The van der Waals surface area contributed by atoms with Crippen LogP contribution in [0.5, 0.6) is 0 Å². The molecular formula is C7H6BrNO3. The molecule has 1 heterocycles. The molecule has 2 unspecified atom stereocenters. The summed E-state index contributed by atoms with van der Waals surface area (Å²) in [7, 11) is 0. The SMILES string of the molecule is O=C(O)N1C(=O)C2CC1C=C2Br. The van der Waals surface area contributed by atoms with Crippen molar-refractivity contribution in [1.29, 1.82) is 0 Å². The minimum Gasteiger partial charge on any atom is -0.465 e. The highest BCUT2D eigenvalue weighted by atomic mass is 79.9. The Morgan fingerprint density at radius 3 is 2.83 bits per heavy atom. The summed E-state index contributed by atoms with van der Waals surface area (Å²) in [5.41, 5.74) is 0. The van der Waals surface area contributed by atoms with Gasteiger partial charge in [0, 0.05) is 4.48 Å². The second kappa shape index (κ2) is 2.32. The van der Waals surface area contributed by atoms with E-state index in [2.05, 4.69) is 15.9 Å². The number of amides is 2. The third-order valence-electron chi connectivity index (χ3n) is 2.23. The van der Waals surface area contributed by atoms with E-state index in [1.807, 2.05) is 0 Å². The number of carboxylic acid groups (broad SMARTS) is 1. The molecule has 2 aliphatic rings. The fraction of sp³-hybridized carbons (Fsp3) is 0.429. The highest BCUT2D eigenvalue weighted by molar-refractivity contribution is 9.11. The van der Waals surface area contributed by atoms with Crippen molar-refractivity contribution in [2.75, 3.05) is 0 Å². The number of halogens is 1. The Balaban J connectivity index is 2.34. The van der Waals surface area contributed by atoms with Crippen molar-refractivity contribution in [3.05, 3.63) is 10.6 Å². The number of hydrogen-bond donors (Lipinski definition) is 1. The molecule has 2 rings (SSSR count). The summed E-state index contributed by atoms with van der Waals surface area (Å²) in [4.78, 5) is 22.8. The van der Waals surface area contributed by atoms with E-state index in [0.29, 0.717) is 6.42 Å². The molecule has 0 aromatic heterocycles. The number of nitrogens with zero attached hydrogens (tertiary/aromatic N) is 1. The van der Waals surface area contributed by atoms with Crippen molar-refractivity contribution >= 4 is 27.9 Å². The first kappa shape index (κ1) is 7.79. The summed E-state index contributed by atoms with van der Waals surface area (Å²) < 4.78 is 0.829. The Kier molecular flexibility index (Phi) is 1.51. The molecule has 12 heavy (non-hydrogen) atoms. The van der Waals surface area contributed by atoms with E-state index in [9.17, 15) is 9.59 Å². The zero-order valence-electron chi connectivity index (χ0n) is 6.03. The molecule has 0 aromatic carbocycles. The zero-order valence-corrected chi connectivity index (χ0v) is 7.61. The van der Waals surface area contributed by atoms with Gasteiger partial charge in [-0.1, -0.05) is 22.0 Å². The predicted octanol–water partition coefficient (Wildman–Crippen LogP) is 1.17. The molecule has 1 aliphatic heterocycles. The molecular weight excluding hydrogens is 226 g/mol. The van der Waals surface area contributed by atoms with Crippen molar-refractivity contribution in [3.63, 3.8) is 0 Å².